The Hall–Kier alpha value is -0.0400. The molecule has 0 saturated heterocycles. The van der Waals surface area contributed by atoms with Crippen LogP contribution in [0.15, 0.2) is 0 Å². The lowest BCUT2D eigenvalue weighted by molar-refractivity contribution is 0.0263. The third-order valence-electron chi connectivity index (χ3n) is 4.67. The van der Waals surface area contributed by atoms with E-state index in [4.69, 9.17) is 0 Å². The Kier molecular flexibility index (Phi) is 1.07. The van der Waals surface area contributed by atoms with E-state index in [-0.39, 0.29) is 6.10 Å². The van der Waals surface area contributed by atoms with Crippen LogP contribution in [0, 0.1) is 22.7 Å². The van der Waals surface area contributed by atoms with E-state index in [1.54, 1.807) is 0 Å². The fourth-order valence-corrected chi connectivity index (χ4v) is 3.84. The highest BCUT2D eigenvalue weighted by molar-refractivity contribution is 5.38. The number of hydrogen-bond donors (Lipinski definition) is 1. The molecular formula is C11H18O. The first-order chi connectivity index (χ1) is 5.61. The van der Waals surface area contributed by atoms with Gasteiger partial charge >= 0.3 is 0 Å². The van der Waals surface area contributed by atoms with E-state index in [1.807, 2.05) is 0 Å². The minimum atomic E-state index is 0.0243. The van der Waals surface area contributed by atoms with E-state index in [0.717, 1.165) is 12.3 Å². The van der Waals surface area contributed by atoms with Crippen LogP contribution in [-0.4, -0.2) is 11.2 Å². The number of aliphatic hydroxyl groups is 1. The van der Waals surface area contributed by atoms with Crippen molar-refractivity contribution in [2.45, 2.75) is 45.6 Å². The fraction of sp³-hybridized carbons (Fsp3) is 1.00. The van der Waals surface area contributed by atoms with Crippen LogP contribution in [0.2, 0.25) is 0 Å². The van der Waals surface area contributed by atoms with E-state index in [9.17, 15) is 5.11 Å². The molecule has 3 aliphatic carbocycles. The molecule has 1 spiro atoms. The topological polar surface area (TPSA) is 20.2 Å². The Labute approximate surface area is 74.2 Å². The summed E-state index contributed by atoms with van der Waals surface area (Å²) in [6, 6.07) is 0. The van der Waals surface area contributed by atoms with Crippen LogP contribution in [0.4, 0.5) is 0 Å². The second kappa shape index (κ2) is 1.75. The number of aliphatic hydroxyl groups excluding tert-OH is 1. The zero-order valence-electron chi connectivity index (χ0n) is 8.01. The van der Waals surface area contributed by atoms with Crippen molar-refractivity contribution in [1.82, 2.24) is 0 Å². The third kappa shape index (κ3) is 0.585. The average Bonchev–Trinajstić information content (AvgIpc) is 2.73. The number of hydrogen-bond acceptors (Lipinski definition) is 1. The molecule has 0 aliphatic heterocycles. The first kappa shape index (κ1) is 7.37. The summed E-state index contributed by atoms with van der Waals surface area (Å²) >= 11 is 0. The first-order valence-corrected chi connectivity index (χ1v) is 5.29. The van der Waals surface area contributed by atoms with Crippen LogP contribution in [0.25, 0.3) is 0 Å². The summed E-state index contributed by atoms with van der Waals surface area (Å²) in [4.78, 5) is 0. The summed E-state index contributed by atoms with van der Waals surface area (Å²) < 4.78 is 0. The molecule has 4 atom stereocenters. The molecule has 3 aliphatic rings. The van der Waals surface area contributed by atoms with Gasteiger partial charge in [0.25, 0.3) is 0 Å². The highest BCUT2D eigenvalue weighted by Crippen LogP contribution is 2.95. The lowest BCUT2D eigenvalue weighted by atomic mass is 9.77. The smallest absolute Gasteiger partial charge is 0.0604 e. The monoisotopic (exact) mass is 166 g/mol. The average molecular weight is 166 g/mol. The molecule has 1 N–H and O–H groups in total. The van der Waals surface area contributed by atoms with Crippen molar-refractivity contribution in [2.75, 3.05) is 0 Å². The molecule has 68 valence electrons. The zero-order valence-corrected chi connectivity index (χ0v) is 8.01. The molecule has 1 nitrogen and oxygen atoms in total. The molecule has 3 saturated carbocycles. The second-order valence-electron chi connectivity index (χ2n) is 5.74. The summed E-state index contributed by atoms with van der Waals surface area (Å²) in [6.45, 7) is 4.41. The molecule has 0 heterocycles. The second-order valence-corrected chi connectivity index (χ2v) is 5.74. The predicted molar refractivity (Wildman–Crippen MR) is 47.7 cm³/mol. The fourth-order valence-electron chi connectivity index (χ4n) is 3.84. The zero-order chi connectivity index (χ0) is 8.56. The summed E-state index contributed by atoms with van der Waals surface area (Å²) in [7, 11) is 0. The van der Waals surface area contributed by atoms with Gasteiger partial charge in [-0.15, -0.1) is 0 Å². The SMILES string of the molecule is CC(C)CC(O)C12CC3CC31C2. The van der Waals surface area contributed by atoms with Crippen molar-refractivity contribution in [2.24, 2.45) is 22.7 Å². The molecule has 1 heteroatoms. The molecule has 0 aromatic rings. The normalized spacial score (nSPS) is 55.5. The summed E-state index contributed by atoms with van der Waals surface area (Å²) in [6.07, 6.45) is 5.20. The van der Waals surface area contributed by atoms with Gasteiger partial charge in [-0.3, -0.25) is 0 Å². The van der Waals surface area contributed by atoms with Crippen LogP contribution >= 0.6 is 0 Å². The van der Waals surface area contributed by atoms with E-state index in [1.165, 1.54) is 19.3 Å². The Bertz CT molecular complexity index is 231. The molecule has 12 heavy (non-hydrogen) atoms. The molecule has 3 rings (SSSR count). The van der Waals surface area contributed by atoms with Crippen LogP contribution in [0.5, 0.6) is 0 Å². The summed E-state index contributed by atoms with van der Waals surface area (Å²) in [5, 5.41) is 10.0. The van der Waals surface area contributed by atoms with Crippen molar-refractivity contribution >= 4 is 0 Å². The van der Waals surface area contributed by atoms with Crippen molar-refractivity contribution in [1.29, 1.82) is 0 Å². The summed E-state index contributed by atoms with van der Waals surface area (Å²) in [5.74, 6) is 1.70. The van der Waals surface area contributed by atoms with Gasteiger partial charge in [0.1, 0.15) is 0 Å². The molecule has 4 unspecified atom stereocenters. The van der Waals surface area contributed by atoms with Crippen molar-refractivity contribution < 1.29 is 5.11 Å². The van der Waals surface area contributed by atoms with Gasteiger partial charge in [0.15, 0.2) is 0 Å². The molecule has 0 radical (unpaired) electrons. The minimum absolute atomic E-state index is 0.0243. The maximum Gasteiger partial charge on any atom is 0.0604 e. The minimum Gasteiger partial charge on any atom is -0.393 e. The Morgan fingerprint density at radius 3 is 2.50 bits per heavy atom. The van der Waals surface area contributed by atoms with E-state index in [0.29, 0.717) is 16.7 Å². The van der Waals surface area contributed by atoms with Gasteiger partial charge in [-0.05, 0) is 42.9 Å². The molecule has 3 fully saturated rings. The Morgan fingerprint density at radius 1 is 1.42 bits per heavy atom. The van der Waals surface area contributed by atoms with E-state index in [2.05, 4.69) is 13.8 Å². The lowest BCUT2D eigenvalue weighted by Crippen LogP contribution is -2.31. The van der Waals surface area contributed by atoms with Crippen molar-refractivity contribution in [3.8, 4) is 0 Å². The maximum atomic E-state index is 10.0. The molecular weight excluding hydrogens is 148 g/mol. The maximum absolute atomic E-state index is 10.0. The van der Waals surface area contributed by atoms with Gasteiger partial charge in [-0.25, -0.2) is 0 Å². The van der Waals surface area contributed by atoms with Gasteiger partial charge in [0.2, 0.25) is 0 Å². The molecule has 0 bridgehead atoms. The predicted octanol–water partition coefficient (Wildman–Crippen LogP) is 2.19. The third-order valence-corrected chi connectivity index (χ3v) is 4.67. The van der Waals surface area contributed by atoms with Crippen LogP contribution in [-0.2, 0) is 0 Å². The van der Waals surface area contributed by atoms with Crippen LogP contribution in [0.3, 0.4) is 0 Å². The van der Waals surface area contributed by atoms with E-state index >= 15 is 0 Å². The first-order valence-electron chi connectivity index (χ1n) is 5.29. The van der Waals surface area contributed by atoms with Gasteiger partial charge in [-0.2, -0.15) is 0 Å². The lowest BCUT2D eigenvalue weighted by Gasteiger charge is -2.31. The standard InChI is InChI=1S/C11H18O/c1-7(2)3-9(12)11-5-8-4-10(8,11)6-11/h7-9,12H,3-6H2,1-2H3. The van der Waals surface area contributed by atoms with Crippen molar-refractivity contribution in [3.05, 3.63) is 0 Å². The van der Waals surface area contributed by atoms with Gasteiger partial charge < -0.3 is 5.11 Å². The largest absolute Gasteiger partial charge is 0.393 e. The summed E-state index contributed by atoms with van der Waals surface area (Å²) in [5.41, 5.74) is 1.16. The Balaban J connectivity index is 1.68. The van der Waals surface area contributed by atoms with E-state index < -0.39 is 0 Å². The molecule has 0 amide bonds. The molecule has 0 aromatic heterocycles. The number of rotatable bonds is 3. The highest BCUT2D eigenvalue weighted by atomic mass is 16.3. The molecule has 0 aromatic carbocycles. The van der Waals surface area contributed by atoms with Crippen molar-refractivity contribution in [3.63, 3.8) is 0 Å². The quantitative estimate of drug-likeness (QED) is 0.681. The Morgan fingerprint density at radius 2 is 2.17 bits per heavy atom. The van der Waals surface area contributed by atoms with Crippen LogP contribution < -0.4 is 0 Å². The highest BCUT2D eigenvalue weighted by Gasteiger charge is 2.89. The van der Waals surface area contributed by atoms with Gasteiger partial charge in [0.05, 0.1) is 6.10 Å². The van der Waals surface area contributed by atoms with Gasteiger partial charge in [-0.1, -0.05) is 13.8 Å². The van der Waals surface area contributed by atoms with Crippen LogP contribution in [0.1, 0.15) is 39.5 Å². The van der Waals surface area contributed by atoms with Gasteiger partial charge in [0, 0.05) is 5.41 Å².